The van der Waals surface area contributed by atoms with Gasteiger partial charge in [0.2, 0.25) is 0 Å². The Bertz CT molecular complexity index is 1260. The molecule has 5 nitrogen and oxygen atoms in total. The molecule has 3 rings (SSSR count). The Balaban J connectivity index is 1.77. The van der Waals surface area contributed by atoms with Crippen LogP contribution >= 0.6 is 34.8 Å². The average molecular weight is 499 g/mol. The second kappa shape index (κ2) is 9.57. The minimum atomic E-state index is -3.39. The molecular weight excluding hydrogens is 481 g/mol. The lowest BCUT2D eigenvalue weighted by atomic mass is 9.98. The van der Waals surface area contributed by atoms with Crippen molar-refractivity contribution in [2.24, 2.45) is 0 Å². The van der Waals surface area contributed by atoms with Crippen LogP contribution in [0.4, 0.5) is 0 Å². The zero-order chi connectivity index (χ0) is 22.8. The number of Topliss-reactive ketones (excluding diaryl/α,β-unsaturated/α-hetero) is 1. The second-order valence-corrected chi connectivity index (χ2v) is 10.4. The highest BCUT2D eigenvalue weighted by molar-refractivity contribution is 7.91. The number of halogens is 3. The Morgan fingerprint density at radius 3 is 2.35 bits per heavy atom. The van der Waals surface area contributed by atoms with E-state index in [1.165, 1.54) is 0 Å². The van der Waals surface area contributed by atoms with E-state index in [9.17, 15) is 13.2 Å². The van der Waals surface area contributed by atoms with E-state index in [0.29, 0.717) is 32.1 Å². The maximum Gasteiger partial charge on any atom is 0.177 e. The molecule has 0 N–H and O–H groups in total. The fourth-order valence-corrected chi connectivity index (χ4v) is 4.07. The molecular formula is C22H18Cl3NO4S. The molecule has 31 heavy (non-hydrogen) atoms. The smallest absolute Gasteiger partial charge is 0.177 e. The Hall–Kier alpha value is -2.12. The number of carbonyl (C=O) groups is 1. The first-order valence-corrected chi connectivity index (χ1v) is 12.3. The number of aromatic nitrogens is 1. The summed E-state index contributed by atoms with van der Waals surface area (Å²) in [6.45, 7) is 1.98. The SMILES string of the molecule is Cc1cc(C(=O)CS(C)(=O)=O)ccc1-c1cnc(COc2ccc(Cl)c(Cl)c2)c(Cl)c1. The summed E-state index contributed by atoms with van der Waals surface area (Å²) in [7, 11) is -3.39. The fraction of sp³-hybridized carbons (Fsp3) is 0.182. The van der Waals surface area contributed by atoms with E-state index in [1.807, 2.05) is 6.92 Å². The number of carbonyl (C=O) groups excluding carboxylic acids is 1. The van der Waals surface area contributed by atoms with Crippen LogP contribution in [-0.4, -0.2) is 31.2 Å². The minimum Gasteiger partial charge on any atom is -0.487 e. The van der Waals surface area contributed by atoms with Gasteiger partial charge >= 0.3 is 0 Å². The van der Waals surface area contributed by atoms with Crippen LogP contribution in [0.5, 0.6) is 5.75 Å². The number of pyridine rings is 1. The molecule has 0 bridgehead atoms. The van der Waals surface area contributed by atoms with Crippen molar-refractivity contribution >= 4 is 50.4 Å². The van der Waals surface area contributed by atoms with Crippen LogP contribution < -0.4 is 4.74 Å². The van der Waals surface area contributed by atoms with Gasteiger partial charge < -0.3 is 4.74 Å². The third-order valence-electron chi connectivity index (χ3n) is 4.44. The summed E-state index contributed by atoms with van der Waals surface area (Å²) in [5.74, 6) is -0.420. The maximum atomic E-state index is 12.1. The molecule has 1 heterocycles. The van der Waals surface area contributed by atoms with Crippen molar-refractivity contribution in [2.45, 2.75) is 13.5 Å². The predicted octanol–water partition coefficient (Wildman–Crippen LogP) is 5.82. The monoisotopic (exact) mass is 497 g/mol. The number of nitrogens with zero attached hydrogens (tertiary/aromatic N) is 1. The molecule has 0 saturated heterocycles. The van der Waals surface area contributed by atoms with E-state index >= 15 is 0 Å². The van der Waals surface area contributed by atoms with Crippen molar-refractivity contribution in [1.82, 2.24) is 4.98 Å². The molecule has 0 amide bonds. The van der Waals surface area contributed by atoms with Crippen molar-refractivity contribution in [3.63, 3.8) is 0 Å². The van der Waals surface area contributed by atoms with Crippen LogP contribution in [0.25, 0.3) is 11.1 Å². The summed E-state index contributed by atoms with van der Waals surface area (Å²) in [5.41, 5.74) is 3.30. The molecule has 0 spiro atoms. The standard InChI is InChI=1S/C22H18Cl3NO4S/c1-13-7-14(22(27)12-31(2,28)29)3-5-17(13)15-8-20(25)21(26-10-15)11-30-16-4-6-18(23)19(24)9-16/h3-10H,11-12H2,1-2H3. The molecule has 0 unspecified atom stereocenters. The van der Waals surface area contributed by atoms with Crippen LogP contribution in [0.3, 0.4) is 0 Å². The lowest BCUT2D eigenvalue weighted by molar-refractivity contribution is 0.102. The number of ether oxygens (including phenoxy) is 1. The van der Waals surface area contributed by atoms with Crippen molar-refractivity contribution in [2.75, 3.05) is 12.0 Å². The number of sulfone groups is 1. The molecule has 0 atom stereocenters. The summed E-state index contributed by atoms with van der Waals surface area (Å²) in [5, 5.41) is 1.26. The van der Waals surface area contributed by atoms with Crippen molar-refractivity contribution in [1.29, 1.82) is 0 Å². The lowest BCUT2D eigenvalue weighted by Gasteiger charge is -2.11. The first kappa shape index (κ1) is 23.5. The van der Waals surface area contributed by atoms with Gasteiger partial charge in [0.1, 0.15) is 18.1 Å². The molecule has 0 aliphatic heterocycles. The molecule has 0 saturated carbocycles. The van der Waals surface area contributed by atoms with E-state index < -0.39 is 21.4 Å². The zero-order valence-corrected chi connectivity index (χ0v) is 19.7. The number of hydrogen-bond donors (Lipinski definition) is 0. The van der Waals surface area contributed by atoms with Gasteiger partial charge in [-0.1, -0.05) is 46.9 Å². The van der Waals surface area contributed by atoms with Gasteiger partial charge in [0.05, 0.1) is 20.8 Å². The second-order valence-electron chi connectivity index (χ2n) is 7.04. The predicted molar refractivity (Wildman–Crippen MR) is 124 cm³/mol. The van der Waals surface area contributed by atoms with Crippen LogP contribution in [0, 0.1) is 6.92 Å². The van der Waals surface area contributed by atoms with E-state index in [-0.39, 0.29) is 6.61 Å². The van der Waals surface area contributed by atoms with Gasteiger partial charge in [-0.05, 0) is 42.3 Å². The van der Waals surface area contributed by atoms with Crippen molar-refractivity contribution in [3.8, 4) is 16.9 Å². The van der Waals surface area contributed by atoms with Crippen LogP contribution in [0.15, 0.2) is 48.7 Å². The quantitative estimate of drug-likeness (QED) is 0.384. The van der Waals surface area contributed by atoms with E-state index in [1.54, 1.807) is 48.7 Å². The number of ketones is 1. The Morgan fingerprint density at radius 2 is 1.74 bits per heavy atom. The van der Waals surface area contributed by atoms with Gasteiger partial charge in [-0.3, -0.25) is 9.78 Å². The Morgan fingerprint density at radius 1 is 1.00 bits per heavy atom. The number of benzene rings is 2. The summed E-state index contributed by atoms with van der Waals surface area (Å²) in [6.07, 6.45) is 2.70. The fourth-order valence-electron chi connectivity index (χ4n) is 2.92. The highest BCUT2D eigenvalue weighted by atomic mass is 35.5. The normalized spacial score (nSPS) is 11.4. The third-order valence-corrected chi connectivity index (χ3v) is 6.29. The van der Waals surface area contributed by atoms with E-state index in [2.05, 4.69) is 4.98 Å². The molecule has 2 aromatic carbocycles. The summed E-state index contributed by atoms with van der Waals surface area (Å²) < 4.78 is 28.4. The van der Waals surface area contributed by atoms with Gasteiger partial charge in [-0.15, -0.1) is 0 Å². The average Bonchev–Trinajstić information content (AvgIpc) is 2.68. The molecule has 0 aliphatic carbocycles. The van der Waals surface area contributed by atoms with Gasteiger partial charge in [0, 0.05) is 29.6 Å². The topological polar surface area (TPSA) is 73.3 Å². The van der Waals surface area contributed by atoms with E-state index in [0.717, 1.165) is 22.9 Å². The number of aryl methyl sites for hydroxylation is 1. The van der Waals surface area contributed by atoms with Crippen molar-refractivity contribution in [3.05, 3.63) is 80.6 Å². The molecule has 0 fully saturated rings. The molecule has 1 aromatic heterocycles. The third kappa shape index (κ3) is 6.20. The van der Waals surface area contributed by atoms with Gasteiger partial charge in [-0.2, -0.15) is 0 Å². The van der Waals surface area contributed by atoms with E-state index in [4.69, 9.17) is 39.5 Å². The highest BCUT2D eigenvalue weighted by Gasteiger charge is 2.15. The first-order valence-electron chi connectivity index (χ1n) is 9.08. The molecule has 0 radical (unpaired) electrons. The lowest BCUT2D eigenvalue weighted by Crippen LogP contribution is -2.14. The number of hydrogen-bond acceptors (Lipinski definition) is 5. The maximum absolute atomic E-state index is 12.1. The van der Waals surface area contributed by atoms with Gasteiger partial charge in [0.15, 0.2) is 15.6 Å². The Kier molecular flexibility index (Phi) is 7.27. The first-order chi connectivity index (χ1) is 14.5. The minimum absolute atomic E-state index is 0.148. The van der Waals surface area contributed by atoms with Crippen molar-refractivity contribution < 1.29 is 17.9 Å². The Labute approximate surface area is 195 Å². The molecule has 3 aromatic rings. The molecule has 0 aliphatic rings. The van der Waals surface area contributed by atoms with Crippen LogP contribution in [-0.2, 0) is 16.4 Å². The van der Waals surface area contributed by atoms with Crippen LogP contribution in [0.2, 0.25) is 15.1 Å². The largest absolute Gasteiger partial charge is 0.487 e. The highest BCUT2D eigenvalue weighted by Crippen LogP contribution is 2.29. The zero-order valence-electron chi connectivity index (χ0n) is 16.7. The summed E-state index contributed by atoms with van der Waals surface area (Å²) in [6, 6.07) is 11.7. The molecule has 9 heteroatoms. The summed E-state index contributed by atoms with van der Waals surface area (Å²) >= 11 is 18.3. The van der Waals surface area contributed by atoms with Gasteiger partial charge in [0.25, 0.3) is 0 Å². The van der Waals surface area contributed by atoms with Crippen LogP contribution in [0.1, 0.15) is 21.6 Å². The molecule has 162 valence electrons. The summed E-state index contributed by atoms with van der Waals surface area (Å²) in [4.78, 5) is 16.5. The number of rotatable bonds is 7. The van der Waals surface area contributed by atoms with Gasteiger partial charge in [-0.25, -0.2) is 8.42 Å².